The number of fused-ring (bicyclic) bond motifs is 1. The van der Waals surface area contributed by atoms with Gasteiger partial charge in [0, 0.05) is 42.9 Å². The number of cyclic esters (lactones) is 1. The van der Waals surface area contributed by atoms with Crippen molar-refractivity contribution in [1.82, 2.24) is 4.90 Å². The summed E-state index contributed by atoms with van der Waals surface area (Å²) in [6.45, 7) is 1.46. The highest BCUT2D eigenvalue weighted by molar-refractivity contribution is 5.98. The SMILES string of the molecule is O=C([O-])C1CCCCN1C(=O)c1ccc(N2CCC(N3C(=O)OCc4ccccc43)CC2)c([N+](=O)[O-])c1. The zero-order chi connectivity index (χ0) is 26.1. The molecule has 3 aliphatic heterocycles. The molecule has 11 nitrogen and oxygen atoms in total. The fourth-order valence-electron chi connectivity index (χ4n) is 5.54. The Bertz CT molecular complexity index is 1240. The maximum absolute atomic E-state index is 13.1. The number of rotatable bonds is 5. The van der Waals surface area contributed by atoms with Crippen molar-refractivity contribution in [3.63, 3.8) is 0 Å². The second-order valence-electron chi connectivity index (χ2n) is 9.56. The van der Waals surface area contributed by atoms with Crippen LogP contribution in [0.2, 0.25) is 0 Å². The van der Waals surface area contributed by atoms with Gasteiger partial charge in [-0.05, 0) is 50.3 Å². The average molecular weight is 508 g/mol. The summed E-state index contributed by atoms with van der Waals surface area (Å²) in [5.74, 6) is -1.87. The van der Waals surface area contributed by atoms with Crippen molar-refractivity contribution < 1.29 is 29.2 Å². The Morgan fingerprint density at radius 3 is 2.46 bits per heavy atom. The lowest BCUT2D eigenvalue weighted by Gasteiger charge is -2.40. The second-order valence-corrected chi connectivity index (χ2v) is 9.56. The minimum Gasteiger partial charge on any atom is -0.548 e. The highest BCUT2D eigenvalue weighted by atomic mass is 16.6. The number of benzene rings is 2. The number of likely N-dealkylation sites (tertiary alicyclic amines) is 1. The fraction of sp³-hybridized carbons (Fsp3) is 0.423. The van der Waals surface area contributed by atoms with E-state index in [2.05, 4.69) is 0 Å². The van der Waals surface area contributed by atoms with Gasteiger partial charge in [0.2, 0.25) is 0 Å². The molecule has 0 N–H and O–H groups in total. The Morgan fingerprint density at radius 2 is 1.73 bits per heavy atom. The number of nitro groups is 1. The molecule has 2 aromatic carbocycles. The quantitative estimate of drug-likeness (QED) is 0.445. The maximum atomic E-state index is 13.1. The molecular formula is C26H27N4O7-. The highest BCUT2D eigenvalue weighted by Crippen LogP contribution is 2.36. The van der Waals surface area contributed by atoms with Crippen LogP contribution < -0.4 is 14.9 Å². The molecule has 0 radical (unpaired) electrons. The number of ether oxygens (including phenoxy) is 1. The largest absolute Gasteiger partial charge is 0.548 e. The van der Waals surface area contributed by atoms with Gasteiger partial charge in [0.1, 0.15) is 12.3 Å². The molecule has 3 aliphatic rings. The van der Waals surface area contributed by atoms with Gasteiger partial charge >= 0.3 is 6.09 Å². The van der Waals surface area contributed by atoms with E-state index in [1.54, 1.807) is 11.0 Å². The summed E-state index contributed by atoms with van der Waals surface area (Å²) in [5, 5.41) is 23.5. The van der Waals surface area contributed by atoms with E-state index in [9.17, 15) is 29.6 Å². The summed E-state index contributed by atoms with van der Waals surface area (Å²) in [5.41, 5.74) is 2.02. The third-order valence-corrected chi connectivity index (χ3v) is 7.42. The first-order valence-electron chi connectivity index (χ1n) is 12.4. The third kappa shape index (κ3) is 4.68. The predicted octanol–water partition coefficient (Wildman–Crippen LogP) is 2.46. The molecule has 2 saturated heterocycles. The highest BCUT2D eigenvalue weighted by Gasteiger charge is 2.36. The molecule has 2 amide bonds. The Hall–Kier alpha value is -4.15. The molecule has 0 spiro atoms. The van der Waals surface area contributed by atoms with Gasteiger partial charge in [-0.1, -0.05) is 18.2 Å². The number of para-hydroxylation sites is 1. The van der Waals surface area contributed by atoms with E-state index in [-0.39, 0.29) is 30.4 Å². The monoisotopic (exact) mass is 507 g/mol. The topological polar surface area (TPSA) is 136 Å². The smallest absolute Gasteiger partial charge is 0.414 e. The van der Waals surface area contributed by atoms with Crippen molar-refractivity contribution in [2.75, 3.05) is 29.4 Å². The van der Waals surface area contributed by atoms with Crippen molar-refractivity contribution >= 4 is 35.0 Å². The molecule has 11 heteroatoms. The van der Waals surface area contributed by atoms with Crippen LogP contribution in [0.5, 0.6) is 0 Å². The van der Waals surface area contributed by atoms with Gasteiger partial charge in [0.15, 0.2) is 0 Å². The van der Waals surface area contributed by atoms with Crippen LogP contribution in [0.1, 0.15) is 48.0 Å². The number of carboxylic acids is 1. The van der Waals surface area contributed by atoms with Gasteiger partial charge in [-0.15, -0.1) is 0 Å². The van der Waals surface area contributed by atoms with Crippen LogP contribution in [0.25, 0.3) is 0 Å². The molecule has 1 atom stereocenters. The summed E-state index contributed by atoms with van der Waals surface area (Å²) in [7, 11) is 0. The number of carboxylic acid groups (broad SMARTS) is 1. The molecule has 0 saturated carbocycles. The summed E-state index contributed by atoms with van der Waals surface area (Å²) >= 11 is 0. The van der Waals surface area contributed by atoms with E-state index in [1.807, 2.05) is 29.2 Å². The molecule has 2 fully saturated rings. The molecule has 0 bridgehead atoms. The number of piperidine rings is 2. The number of carbonyl (C=O) groups is 3. The average Bonchev–Trinajstić information content (AvgIpc) is 2.92. The number of carbonyl (C=O) groups excluding carboxylic acids is 3. The molecule has 5 rings (SSSR count). The van der Waals surface area contributed by atoms with E-state index in [0.29, 0.717) is 50.9 Å². The van der Waals surface area contributed by atoms with Crippen LogP contribution >= 0.6 is 0 Å². The van der Waals surface area contributed by atoms with Gasteiger partial charge in [-0.2, -0.15) is 0 Å². The van der Waals surface area contributed by atoms with Crippen LogP contribution in [-0.4, -0.2) is 59.5 Å². The molecular weight excluding hydrogens is 480 g/mol. The number of aliphatic carboxylic acids is 1. The van der Waals surface area contributed by atoms with E-state index >= 15 is 0 Å². The second kappa shape index (κ2) is 10.1. The summed E-state index contributed by atoms with van der Waals surface area (Å²) in [4.78, 5) is 53.4. The molecule has 1 unspecified atom stereocenters. The minimum atomic E-state index is -1.32. The van der Waals surface area contributed by atoms with E-state index < -0.39 is 28.9 Å². The molecule has 3 heterocycles. The lowest BCUT2D eigenvalue weighted by Crippen LogP contribution is -2.52. The van der Waals surface area contributed by atoms with Crippen LogP contribution in [0, 0.1) is 10.1 Å². The number of anilines is 2. The number of nitro benzene ring substituents is 1. The van der Waals surface area contributed by atoms with Gasteiger partial charge in [0.05, 0.1) is 22.6 Å². The predicted molar refractivity (Wildman–Crippen MR) is 131 cm³/mol. The maximum Gasteiger partial charge on any atom is 0.414 e. The first kappa shape index (κ1) is 24.5. The molecule has 0 aromatic heterocycles. The third-order valence-electron chi connectivity index (χ3n) is 7.42. The molecule has 194 valence electrons. The van der Waals surface area contributed by atoms with Crippen LogP contribution in [0.3, 0.4) is 0 Å². The van der Waals surface area contributed by atoms with Crippen LogP contribution in [0.4, 0.5) is 21.9 Å². The number of hydrogen-bond acceptors (Lipinski definition) is 8. The van der Waals surface area contributed by atoms with Crippen LogP contribution in [0.15, 0.2) is 42.5 Å². The summed E-state index contributed by atoms with van der Waals surface area (Å²) < 4.78 is 5.35. The van der Waals surface area contributed by atoms with Gasteiger partial charge in [-0.25, -0.2) is 4.79 Å². The zero-order valence-electron chi connectivity index (χ0n) is 20.2. The lowest BCUT2D eigenvalue weighted by atomic mass is 9.99. The summed E-state index contributed by atoms with van der Waals surface area (Å²) in [6, 6.07) is 10.7. The van der Waals surface area contributed by atoms with Gasteiger partial charge in [0.25, 0.3) is 11.6 Å². The van der Waals surface area contributed by atoms with Crippen LogP contribution in [-0.2, 0) is 16.1 Å². The molecule has 2 aromatic rings. The normalized spacial score (nSPS) is 20.3. The molecule has 0 aliphatic carbocycles. The zero-order valence-corrected chi connectivity index (χ0v) is 20.2. The Morgan fingerprint density at radius 1 is 0.973 bits per heavy atom. The number of hydrogen-bond donors (Lipinski definition) is 0. The van der Waals surface area contributed by atoms with Gasteiger partial charge < -0.3 is 24.4 Å². The number of nitrogens with zero attached hydrogens (tertiary/aromatic N) is 4. The fourth-order valence-corrected chi connectivity index (χ4v) is 5.54. The Balaban J connectivity index is 1.34. The van der Waals surface area contributed by atoms with Crippen molar-refractivity contribution in [2.45, 2.75) is 50.8 Å². The van der Waals surface area contributed by atoms with Crippen molar-refractivity contribution in [3.8, 4) is 0 Å². The van der Waals surface area contributed by atoms with E-state index in [1.165, 1.54) is 17.0 Å². The summed E-state index contributed by atoms with van der Waals surface area (Å²) in [6.07, 6.45) is 2.43. The first-order valence-corrected chi connectivity index (χ1v) is 12.4. The van der Waals surface area contributed by atoms with Gasteiger partial charge in [-0.3, -0.25) is 19.8 Å². The van der Waals surface area contributed by atoms with Crippen molar-refractivity contribution in [3.05, 3.63) is 63.7 Å². The Labute approximate surface area is 213 Å². The van der Waals surface area contributed by atoms with E-state index in [0.717, 1.165) is 11.3 Å². The Kier molecular flexibility index (Phi) is 6.68. The lowest BCUT2D eigenvalue weighted by molar-refractivity contribution is -0.384. The van der Waals surface area contributed by atoms with E-state index in [4.69, 9.17) is 4.74 Å². The standard InChI is InChI=1S/C26H28N4O7/c31-24(28-12-4-3-7-22(28)25(32)33)17-8-9-21(23(15-17)30(35)36)27-13-10-19(11-14-27)29-20-6-2-1-5-18(20)16-37-26(29)34/h1-2,5-6,8-9,15,19,22H,3-4,7,10-14,16H2,(H,32,33)/p-1. The van der Waals surface area contributed by atoms with Crippen molar-refractivity contribution in [2.24, 2.45) is 0 Å². The first-order chi connectivity index (χ1) is 17.8. The minimum absolute atomic E-state index is 0.0751. The molecule has 37 heavy (non-hydrogen) atoms. The van der Waals surface area contributed by atoms with Crippen molar-refractivity contribution in [1.29, 1.82) is 0 Å². The number of amides is 2.